The normalized spacial score (nSPS) is 14.4. The average molecular weight is 293 g/mol. The maximum Gasteiger partial charge on any atom is 0.251 e. The monoisotopic (exact) mass is 293 g/mol. The summed E-state index contributed by atoms with van der Waals surface area (Å²) in [6, 6.07) is 4.86. The van der Waals surface area contributed by atoms with E-state index >= 15 is 0 Å². The van der Waals surface area contributed by atoms with Crippen molar-refractivity contribution in [3.63, 3.8) is 0 Å². The van der Waals surface area contributed by atoms with Gasteiger partial charge in [-0.25, -0.2) is 0 Å². The standard InChI is InChI=1S/C13H15N3O5/c1-20-9-4-3-7(5-10(9)21-2)14-11(17)6-8-12(18)15-16-13(8)19/h3-5,8H,6H2,1-2H3,(H,14,17)(H,15,18)(H,16,19). The minimum Gasteiger partial charge on any atom is -0.493 e. The summed E-state index contributed by atoms with van der Waals surface area (Å²) in [5.74, 6) is -1.48. The van der Waals surface area contributed by atoms with Gasteiger partial charge < -0.3 is 14.8 Å². The van der Waals surface area contributed by atoms with E-state index in [2.05, 4.69) is 16.2 Å². The molecule has 2 rings (SSSR count). The molecule has 0 radical (unpaired) electrons. The highest BCUT2D eigenvalue weighted by Gasteiger charge is 2.34. The topological polar surface area (TPSA) is 106 Å². The molecule has 3 N–H and O–H groups in total. The Morgan fingerprint density at radius 3 is 2.33 bits per heavy atom. The number of amides is 3. The van der Waals surface area contributed by atoms with E-state index < -0.39 is 23.6 Å². The number of ether oxygens (including phenoxy) is 2. The molecule has 21 heavy (non-hydrogen) atoms. The fourth-order valence-corrected chi connectivity index (χ4v) is 1.91. The largest absolute Gasteiger partial charge is 0.493 e. The number of methoxy groups -OCH3 is 2. The first-order valence-electron chi connectivity index (χ1n) is 6.16. The van der Waals surface area contributed by atoms with Crippen molar-refractivity contribution in [1.82, 2.24) is 10.9 Å². The van der Waals surface area contributed by atoms with Gasteiger partial charge in [0.05, 0.1) is 14.2 Å². The van der Waals surface area contributed by atoms with Crippen molar-refractivity contribution in [2.45, 2.75) is 6.42 Å². The van der Waals surface area contributed by atoms with E-state index in [9.17, 15) is 14.4 Å². The van der Waals surface area contributed by atoms with Crippen LogP contribution in [0.3, 0.4) is 0 Å². The summed E-state index contributed by atoms with van der Waals surface area (Å²) >= 11 is 0. The summed E-state index contributed by atoms with van der Waals surface area (Å²) in [6.07, 6.45) is -0.230. The number of nitrogens with one attached hydrogen (secondary N) is 3. The molecule has 112 valence electrons. The molecule has 3 amide bonds. The van der Waals surface area contributed by atoms with Gasteiger partial charge in [0.2, 0.25) is 5.91 Å². The van der Waals surface area contributed by atoms with Crippen molar-refractivity contribution in [2.75, 3.05) is 19.5 Å². The Labute approximate surface area is 120 Å². The zero-order valence-electron chi connectivity index (χ0n) is 11.6. The summed E-state index contributed by atoms with van der Waals surface area (Å²) in [4.78, 5) is 34.6. The predicted molar refractivity (Wildman–Crippen MR) is 72.6 cm³/mol. The van der Waals surface area contributed by atoms with Crippen LogP contribution in [0.2, 0.25) is 0 Å². The zero-order chi connectivity index (χ0) is 15.4. The van der Waals surface area contributed by atoms with Crippen molar-refractivity contribution in [3.05, 3.63) is 18.2 Å². The summed E-state index contributed by atoms with van der Waals surface area (Å²) in [5, 5.41) is 2.60. The second-order valence-corrected chi connectivity index (χ2v) is 4.35. The molecule has 1 fully saturated rings. The lowest BCUT2D eigenvalue weighted by molar-refractivity contribution is -0.131. The van der Waals surface area contributed by atoms with E-state index in [0.29, 0.717) is 17.2 Å². The maximum atomic E-state index is 11.9. The van der Waals surface area contributed by atoms with Gasteiger partial charge in [-0.05, 0) is 12.1 Å². The number of carbonyl (C=O) groups excluding carboxylic acids is 3. The van der Waals surface area contributed by atoms with Gasteiger partial charge in [-0.15, -0.1) is 0 Å². The second-order valence-electron chi connectivity index (χ2n) is 4.35. The van der Waals surface area contributed by atoms with Crippen molar-refractivity contribution < 1.29 is 23.9 Å². The lowest BCUT2D eigenvalue weighted by atomic mass is 10.1. The van der Waals surface area contributed by atoms with Crippen LogP contribution in [0.25, 0.3) is 0 Å². The molecule has 1 heterocycles. The molecule has 1 aromatic carbocycles. The minimum absolute atomic E-state index is 0.230. The van der Waals surface area contributed by atoms with E-state index in [4.69, 9.17) is 9.47 Å². The first kappa shape index (κ1) is 14.6. The molecule has 0 atom stereocenters. The number of hydrazine groups is 1. The molecule has 0 aromatic heterocycles. The van der Waals surface area contributed by atoms with Crippen molar-refractivity contribution >= 4 is 23.4 Å². The fourth-order valence-electron chi connectivity index (χ4n) is 1.91. The molecule has 8 heteroatoms. The van der Waals surface area contributed by atoms with Gasteiger partial charge in [0.1, 0.15) is 5.92 Å². The lowest BCUT2D eigenvalue weighted by Gasteiger charge is -2.11. The third-order valence-electron chi connectivity index (χ3n) is 3.00. The minimum atomic E-state index is -1.01. The molecule has 0 aliphatic carbocycles. The molecule has 1 aliphatic heterocycles. The van der Waals surface area contributed by atoms with Crippen LogP contribution in [0.5, 0.6) is 11.5 Å². The van der Waals surface area contributed by atoms with Crippen molar-refractivity contribution in [1.29, 1.82) is 0 Å². The third-order valence-corrected chi connectivity index (χ3v) is 3.00. The molecular weight excluding hydrogens is 278 g/mol. The summed E-state index contributed by atoms with van der Waals surface area (Å²) < 4.78 is 10.2. The third kappa shape index (κ3) is 3.22. The van der Waals surface area contributed by atoms with Crippen LogP contribution in [-0.2, 0) is 14.4 Å². The molecule has 1 aliphatic rings. The Kier molecular flexibility index (Phi) is 4.27. The highest BCUT2D eigenvalue weighted by Crippen LogP contribution is 2.29. The van der Waals surface area contributed by atoms with Crippen LogP contribution in [0.4, 0.5) is 5.69 Å². The Morgan fingerprint density at radius 1 is 1.14 bits per heavy atom. The first-order chi connectivity index (χ1) is 10.0. The van der Waals surface area contributed by atoms with Crippen molar-refractivity contribution in [3.8, 4) is 11.5 Å². The van der Waals surface area contributed by atoms with Gasteiger partial charge in [0.25, 0.3) is 11.8 Å². The van der Waals surface area contributed by atoms with E-state index in [1.807, 2.05) is 0 Å². The van der Waals surface area contributed by atoms with E-state index in [1.165, 1.54) is 14.2 Å². The van der Waals surface area contributed by atoms with E-state index in [1.54, 1.807) is 18.2 Å². The number of hydrogen-bond donors (Lipinski definition) is 3. The van der Waals surface area contributed by atoms with Crippen molar-refractivity contribution in [2.24, 2.45) is 5.92 Å². The number of anilines is 1. The Morgan fingerprint density at radius 2 is 1.76 bits per heavy atom. The van der Waals surface area contributed by atoms with Gasteiger partial charge in [-0.2, -0.15) is 0 Å². The Hall–Kier alpha value is -2.77. The predicted octanol–water partition coefficient (Wildman–Crippen LogP) is -0.190. The zero-order valence-corrected chi connectivity index (χ0v) is 11.6. The van der Waals surface area contributed by atoms with Gasteiger partial charge >= 0.3 is 0 Å². The number of benzene rings is 1. The van der Waals surface area contributed by atoms with Gasteiger partial charge in [0.15, 0.2) is 11.5 Å². The van der Waals surface area contributed by atoms with E-state index in [0.717, 1.165) is 0 Å². The molecule has 1 saturated heterocycles. The summed E-state index contributed by atoms with van der Waals surface area (Å²) in [6.45, 7) is 0. The van der Waals surface area contributed by atoms with Crippen LogP contribution < -0.4 is 25.6 Å². The highest BCUT2D eigenvalue weighted by molar-refractivity contribution is 6.08. The lowest BCUT2D eigenvalue weighted by Crippen LogP contribution is -2.28. The molecule has 0 spiro atoms. The number of hydrogen-bond acceptors (Lipinski definition) is 5. The molecular formula is C13H15N3O5. The summed E-state index contributed by atoms with van der Waals surface area (Å²) in [5.41, 5.74) is 4.82. The van der Waals surface area contributed by atoms with Crippen LogP contribution >= 0.6 is 0 Å². The Bertz CT molecular complexity index is 571. The molecule has 1 aromatic rings. The van der Waals surface area contributed by atoms with Crippen LogP contribution in [0, 0.1) is 5.92 Å². The van der Waals surface area contributed by atoms with Gasteiger partial charge in [0, 0.05) is 18.2 Å². The Balaban J connectivity index is 2.02. The quantitative estimate of drug-likeness (QED) is 0.652. The number of rotatable bonds is 5. The van der Waals surface area contributed by atoms with Crippen LogP contribution in [-0.4, -0.2) is 31.9 Å². The van der Waals surface area contributed by atoms with Crippen LogP contribution in [0.1, 0.15) is 6.42 Å². The second kappa shape index (κ2) is 6.12. The molecule has 0 bridgehead atoms. The average Bonchev–Trinajstić information content (AvgIpc) is 2.79. The molecule has 8 nitrogen and oxygen atoms in total. The molecule has 0 unspecified atom stereocenters. The number of carbonyl (C=O) groups is 3. The first-order valence-corrected chi connectivity index (χ1v) is 6.16. The molecule has 0 saturated carbocycles. The fraction of sp³-hybridized carbons (Fsp3) is 0.308. The highest BCUT2D eigenvalue weighted by atomic mass is 16.5. The SMILES string of the molecule is COc1ccc(NC(=O)CC2C(=O)NNC2=O)cc1OC. The smallest absolute Gasteiger partial charge is 0.251 e. The maximum absolute atomic E-state index is 11.9. The summed E-state index contributed by atoms with van der Waals surface area (Å²) in [7, 11) is 2.99. The van der Waals surface area contributed by atoms with E-state index in [-0.39, 0.29) is 6.42 Å². The van der Waals surface area contributed by atoms with Gasteiger partial charge in [-0.3, -0.25) is 25.2 Å². The van der Waals surface area contributed by atoms with Gasteiger partial charge in [-0.1, -0.05) is 0 Å². The van der Waals surface area contributed by atoms with Crippen LogP contribution in [0.15, 0.2) is 18.2 Å².